The number of aromatic nitrogens is 2. The zero-order valence-corrected chi connectivity index (χ0v) is 13.3. The van der Waals surface area contributed by atoms with Crippen LogP contribution in [0.2, 0.25) is 0 Å². The van der Waals surface area contributed by atoms with Crippen molar-refractivity contribution in [2.24, 2.45) is 17.8 Å². The van der Waals surface area contributed by atoms with Gasteiger partial charge in [-0.2, -0.15) is 0 Å². The van der Waals surface area contributed by atoms with Crippen LogP contribution in [0.1, 0.15) is 33.5 Å². The maximum absolute atomic E-state index is 13.9. The molecule has 0 N–H and O–H groups in total. The second-order valence-electron chi connectivity index (χ2n) is 6.03. The largest absolute Gasteiger partial charge is 0.327 e. The van der Waals surface area contributed by atoms with E-state index >= 15 is 0 Å². The molecule has 0 atom stereocenters. The molecule has 2 aromatic rings. The molecule has 110 valence electrons. The summed E-state index contributed by atoms with van der Waals surface area (Å²) in [4.78, 5) is 4.36. The molecule has 0 aliphatic carbocycles. The molecular weight excluding hydrogens is 275 g/mol. The van der Waals surface area contributed by atoms with Gasteiger partial charge >= 0.3 is 0 Å². The maximum Gasteiger partial charge on any atom is 0.151 e. The van der Waals surface area contributed by atoms with Crippen molar-refractivity contribution in [1.29, 1.82) is 0 Å². The first-order chi connectivity index (χ1) is 9.45. The molecule has 0 saturated heterocycles. The van der Waals surface area contributed by atoms with Crippen molar-refractivity contribution < 1.29 is 4.39 Å². The number of imidazole rings is 1. The minimum absolute atomic E-state index is 0.279. The number of rotatable bonds is 5. The topological polar surface area (TPSA) is 17.8 Å². The van der Waals surface area contributed by atoms with Gasteiger partial charge in [-0.25, -0.2) is 9.37 Å². The average Bonchev–Trinajstić information content (AvgIpc) is 2.74. The summed E-state index contributed by atoms with van der Waals surface area (Å²) in [5, 5.41) is 0. The van der Waals surface area contributed by atoms with E-state index in [1.54, 1.807) is 6.07 Å². The number of halogens is 2. The first kappa shape index (κ1) is 15.3. The van der Waals surface area contributed by atoms with Gasteiger partial charge in [0.25, 0.3) is 0 Å². The van der Waals surface area contributed by atoms with Gasteiger partial charge in [-0.15, -0.1) is 11.6 Å². The number of hydrogen-bond acceptors (Lipinski definition) is 1. The minimum Gasteiger partial charge on any atom is -0.327 e. The zero-order valence-electron chi connectivity index (χ0n) is 12.5. The van der Waals surface area contributed by atoms with Gasteiger partial charge in [-0.1, -0.05) is 33.8 Å². The molecule has 2 rings (SSSR count). The molecule has 1 aromatic carbocycles. The molecule has 0 unspecified atom stereocenters. The predicted octanol–water partition coefficient (Wildman–Crippen LogP) is 4.84. The highest BCUT2D eigenvalue weighted by Crippen LogP contribution is 2.27. The van der Waals surface area contributed by atoms with Gasteiger partial charge in [0, 0.05) is 6.54 Å². The molecule has 1 aromatic heterocycles. The van der Waals surface area contributed by atoms with Gasteiger partial charge in [0.05, 0.1) is 11.4 Å². The van der Waals surface area contributed by atoms with Gasteiger partial charge < -0.3 is 4.57 Å². The number of nitrogens with zero attached hydrogens (tertiary/aromatic N) is 2. The summed E-state index contributed by atoms with van der Waals surface area (Å²) >= 11 is 5.99. The molecule has 0 spiro atoms. The summed E-state index contributed by atoms with van der Waals surface area (Å²) in [6, 6.07) is 5.09. The Hall–Kier alpha value is -1.09. The van der Waals surface area contributed by atoms with Crippen LogP contribution in [-0.2, 0) is 12.4 Å². The third-order valence-corrected chi connectivity index (χ3v) is 4.27. The standard InChI is InChI=1S/C16H22ClFN2/c1-10(2)12(11(3)4)9-20-14-7-5-6-13(18)16(14)19-15(20)8-17/h5-7,10-12H,8-9H2,1-4H3. The molecule has 0 saturated carbocycles. The monoisotopic (exact) mass is 296 g/mol. The molecule has 0 radical (unpaired) electrons. The lowest BCUT2D eigenvalue weighted by Crippen LogP contribution is -2.22. The number of para-hydroxylation sites is 1. The number of benzene rings is 1. The average molecular weight is 297 g/mol. The second kappa shape index (κ2) is 6.13. The quantitative estimate of drug-likeness (QED) is 0.722. The lowest BCUT2D eigenvalue weighted by Gasteiger charge is -2.26. The van der Waals surface area contributed by atoms with Crippen LogP contribution in [0.15, 0.2) is 18.2 Å². The first-order valence-corrected chi connectivity index (χ1v) is 7.68. The van der Waals surface area contributed by atoms with Crippen molar-refractivity contribution in [2.45, 2.75) is 40.1 Å². The van der Waals surface area contributed by atoms with Crippen LogP contribution in [0.4, 0.5) is 4.39 Å². The molecule has 0 fully saturated rings. The highest BCUT2D eigenvalue weighted by molar-refractivity contribution is 6.16. The third-order valence-electron chi connectivity index (χ3n) is 4.03. The van der Waals surface area contributed by atoms with Crippen molar-refractivity contribution in [1.82, 2.24) is 9.55 Å². The predicted molar refractivity (Wildman–Crippen MR) is 82.4 cm³/mol. The lowest BCUT2D eigenvalue weighted by molar-refractivity contribution is 0.252. The molecule has 2 nitrogen and oxygen atoms in total. The fourth-order valence-corrected chi connectivity index (χ4v) is 3.07. The van der Waals surface area contributed by atoms with Crippen molar-refractivity contribution >= 4 is 22.6 Å². The van der Waals surface area contributed by atoms with E-state index in [9.17, 15) is 4.39 Å². The van der Waals surface area contributed by atoms with Crippen LogP contribution in [0, 0.1) is 23.6 Å². The van der Waals surface area contributed by atoms with E-state index in [0.717, 1.165) is 17.9 Å². The van der Waals surface area contributed by atoms with Crippen LogP contribution < -0.4 is 0 Å². The van der Waals surface area contributed by atoms with Gasteiger partial charge in [-0.05, 0) is 29.9 Å². The number of fused-ring (bicyclic) bond motifs is 1. The van der Waals surface area contributed by atoms with E-state index in [0.29, 0.717) is 29.2 Å². The van der Waals surface area contributed by atoms with Gasteiger partial charge in [0.1, 0.15) is 11.3 Å². The first-order valence-electron chi connectivity index (χ1n) is 7.15. The second-order valence-corrected chi connectivity index (χ2v) is 6.30. The van der Waals surface area contributed by atoms with E-state index in [1.807, 2.05) is 6.07 Å². The Labute approximate surface area is 125 Å². The summed E-state index contributed by atoms with van der Waals surface area (Å²) in [7, 11) is 0. The lowest BCUT2D eigenvalue weighted by atomic mass is 9.85. The summed E-state index contributed by atoms with van der Waals surface area (Å²) < 4.78 is 15.9. The van der Waals surface area contributed by atoms with E-state index in [1.165, 1.54) is 6.07 Å². The Morgan fingerprint density at radius 1 is 1.20 bits per heavy atom. The molecule has 1 heterocycles. The zero-order chi connectivity index (χ0) is 14.9. The van der Waals surface area contributed by atoms with Crippen molar-refractivity contribution in [2.75, 3.05) is 0 Å². The Bertz CT molecular complexity index is 581. The van der Waals surface area contributed by atoms with Crippen LogP contribution in [-0.4, -0.2) is 9.55 Å². The van der Waals surface area contributed by atoms with E-state index in [4.69, 9.17) is 11.6 Å². The van der Waals surface area contributed by atoms with Crippen molar-refractivity contribution in [3.05, 3.63) is 29.8 Å². The molecule has 20 heavy (non-hydrogen) atoms. The van der Waals surface area contributed by atoms with Crippen molar-refractivity contribution in [3.8, 4) is 0 Å². The van der Waals surface area contributed by atoms with E-state index < -0.39 is 0 Å². The number of hydrogen-bond donors (Lipinski definition) is 0. The van der Waals surface area contributed by atoms with E-state index in [-0.39, 0.29) is 5.82 Å². The van der Waals surface area contributed by atoms with Crippen LogP contribution in [0.5, 0.6) is 0 Å². The summed E-state index contributed by atoms with van der Waals surface area (Å²) in [5.41, 5.74) is 1.27. The Balaban J connectivity index is 2.49. The summed E-state index contributed by atoms with van der Waals surface area (Å²) in [5.74, 6) is 2.40. The smallest absolute Gasteiger partial charge is 0.151 e. The fourth-order valence-electron chi connectivity index (χ4n) is 2.87. The third kappa shape index (κ3) is 2.83. The summed E-state index contributed by atoms with van der Waals surface area (Å²) in [6.07, 6.45) is 0. The van der Waals surface area contributed by atoms with Gasteiger partial charge in [-0.3, -0.25) is 0 Å². The van der Waals surface area contributed by atoms with Crippen LogP contribution >= 0.6 is 11.6 Å². The maximum atomic E-state index is 13.9. The molecule has 0 bridgehead atoms. The number of alkyl halides is 1. The fraction of sp³-hybridized carbons (Fsp3) is 0.562. The minimum atomic E-state index is -0.279. The van der Waals surface area contributed by atoms with Gasteiger partial charge in [0.2, 0.25) is 0 Å². The Morgan fingerprint density at radius 3 is 2.40 bits per heavy atom. The molecular formula is C16H22ClFN2. The summed E-state index contributed by atoms with van der Waals surface area (Å²) in [6.45, 7) is 9.74. The molecule has 0 amide bonds. The Morgan fingerprint density at radius 2 is 1.85 bits per heavy atom. The highest BCUT2D eigenvalue weighted by atomic mass is 35.5. The Kier molecular flexibility index (Phi) is 4.69. The van der Waals surface area contributed by atoms with E-state index in [2.05, 4.69) is 37.2 Å². The molecule has 4 heteroatoms. The molecule has 0 aliphatic rings. The van der Waals surface area contributed by atoms with Crippen LogP contribution in [0.3, 0.4) is 0 Å². The highest BCUT2D eigenvalue weighted by Gasteiger charge is 2.21. The van der Waals surface area contributed by atoms with Crippen molar-refractivity contribution in [3.63, 3.8) is 0 Å². The normalized spacial score (nSPS) is 12.2. The SMILES string of the molecule is CC(C)C(Cn1c(CCl)nc2c(F)cccc21)C(C)C. The molecule has 0 aliphatic heterocycles. The van der Waals surface area contributed by atoms with Crippen LogP contribution in [0.25, 0.3) is 11.0 Å². The van der Waals surface area contributed by atoms with Gasteiger partial charge in [0.15, 0.2) is 5.82 Å².